The minimum atomic E-state index is -4.02. The summed E-state index contributed by atoms with van der Waals surface area (Å²) < 4.78 is 66.2. The third-order valence-electron chi connectivity index (χ3n) is 7.89. The molecule has 0 saturated carbocycles. The van der Waals surface area contributed by atoms with E-state index in [1.165, 1.54) is 24.3 Å². The fourth-order valence-corrected chi connectivity index (χ4v) is 9.87. The smallest absolute Gasteiger partial charge is 0.412 e. The molecule has 2 aliphatic rings. The second-order valence-corrected chi connectivity index (χ2v) is 18.0. The summed E-state index contributed by atoms with van der Waals surface area (Å²) in [6.07, 6.45) is 1.18. The predicted molar refractivity (Wildman–Crippen MR) is 176 cm³/mol. The topological polar surface area (TPSA) is 192 Å². The number of aromatic hydroxyl groups is 2. The molecule has 0 spiro atoms. The number of halogens is 2. The van der Waals surface area contributed by atoms with Crippen LogP contribution in [-0.2, 0) is 33.9 Å². The van der Waals surface area contributed by atoms with E-state index in [1.54, 1.807) is 34.6 Å². The quantitative estimate of drug-likeness (QED) is 0.203. The molecular weight excluding hydrogens is 683 g/mol. The van der Waals surface area contributed by atoms with Crippen LogP contribution in [0.3, 0.4) is 0 Å². The van der Waals surface area contributed by atoms with Gasteiger partial charge in [0.05, 0.1) is 31.4 Å². The lowest BCUT2D eigenvalue weighted by Crippen LogP contribution is -2.42. The van der Waals surface area contributed by atoms with Crippen LogP contribution in [0.1, 0.15) is 60.3 Å². The van der Waals surface area contributed by atoms with E-state index >= 15 is 0 Å². The van der Waals surface area contributed by atoms with Crippen molar-refractivity contribution < 1.29 is 46.1 Å². The van der Waals surface area contributed by atoms with Crippen molar-refractivity contribution in [1.29, 1.82) is 0 Å². The first-order valence-electron chi connectivity index (χ1n) is 14.6. The van der Waals surface area contributed by atoms with E-state index in [9.17, 15) is 31.8 Å². The van der Waals surface area contributed by atoms with Gasteiger partial charge in [0.2, 0.25) is 0 Å². The zero-order chi connectivity index (χ0) is 34.7. The average molecular weight is 726 g/mol. The number of rotatable bonds is 6. The summed E-state index contributed by atoms with van der Waals surface area (Å²) in [6.45, 7) is 10.1. The van der Waals surface area contributed by atoms with Crippen molar-refractivity contribution >= 4 is 60.3 Å². The number of phenolic OH excluding ortho intramolecular Hbond substituents is 2. The van der Waals surface area contributed by atoms with Gasteiger partial charge < -0.3 is 30.2 Å². The van der Waals surface area contributed by atoms with Gasteiger partial charge in [-0.15, -0.1) is 0 Å². The first-order valence-corrected chi connectivity index (χ1v) is 18.4. The summed E-state index contributed by atoms with van der Waals surface area (Å²) in [6, 6.07) is 5.42. The van der Waals surface area contributed by atoms with Gasteiger partial charge >= 0.3 is 6.09 Å². The Bertz CT molecular complexity index is 1630. The number of anilines is 2. The molecule has 2 aliphatic heterocycles. The molecule has 0 aromatic heterocycles. The lowest BCUT2D eigenvalue weighted by molar-refractivity contribution is 0.0563. The van der Waals surface area contributed by atoms with Gasteiger partial charge in [-0.2, -0.15) is 0 Å². The van der Waals surface area contributed by atoms with Crippen LogP contribution in [0.15, 0.2) is 34.1 Å². The van der Waals surface area contributed by atoms with E-state index in [-0.39, 0.29) is 37.1 Å². The number of nitrogen functional groups attached to an aromatic ring is 1. The number of ether oxygens (including phenoxy) is 3. The Morgan fingerprint density at radius 2 is 1.35 bits per heavy atom. The van der Waals surface area contributed by atoms with E-state index in [4.69, 9.17) is 43.1 Å². The number of hydrogen-bond donors (Lipinski definition) is 4. The van der Waals surface area contributed by atoms with Gasteiger partial charge in [-0.3, -0.25) is 5.32 Å². The zero-order valence-electron chi connectivity index (χ0n) is 26.4. The minimum absolute atomic E-state index is 0.00466. The molecule has 2 fully saturated rings. The van der Waals surface area contributed by atoms with Crippen LogP contribution in [0.4, 0.5) is 16.2 Å². The Morgan fingerprint density at radius 1 is 0.848 bits per heavy atom. The molecule has 16 heteroatoms. The SMILES string of the molecule is CC(C)(C)OC(=O)Nc1ccc(Cl)c(S(=O)(=O)C(C)(C)C2CCOCC2)c1O.Nc1ccc(Cl)c(S(=O)(=O)C2CCOCC2)c1O. The molecular formula is C30H42Cl2N2O10S2. The highest BCUT2D eigenvalue weighted by molar-refractivity contribution is 7.93. The highest BCUT2D eigenvalue weighted by Gasteiger charge is 2.45. The third-order valence-corrected chi connectivity index (χ3v) is 13.7. The summed E-state index contributed by atoms with van der Waals surface area (Å²) in [4.78, 5) is 11.4. The molecule has 2 aromatic carbocycles. The number of nitrogens with two attached hydrogens (primary N) is 1. The van der Waals surface area contributed by atoms with Gasteiger partial charge in [-0.1, -0.05) is 23.2 Å². The molecule has 258 valence electrons. The van der Waals surface area contributed by atoms with Crippen LogP contribution in [0, 0.1) is 5.92 Å². The maximum absolute atomic E-state index is 13.4. The van der Waals surface area contributed by atoms with Crippen LogP contribution in [0.5, 0.6) is 11.5 Å². The first kappa shape index (κ1) is 38.0. The number of nitrogens with one attached hydrogen (secondary N) is 1. The molecule has 2 aromatic rings. The zero-order valence-corrected chi connectivity index (χ0v) is 29.6. The summed E-state index contributed by atoms with van der Waals surface area (Å²) in [5.41, 5.74) is 4.70. The number of amides is 1. The highest BCUT2D eigenvalue weighted by Crippen LogP contribution is 2.45. The standard InChI is InChI=1S/C19H28ClNO6S.C11H14ClNO4S/c1-18(2,3)27-17(23)21-14-7-6-13(20)16(15(14)22)28(24,25)19(4,5)12-8-10-26-11-9-12;12-8-1-2-9(13)10(14)11(8)18(15,16)7-3-5-17-6-4-7/h6-7,12,22H,8-11H2,1-5H3,(H,21,23);1-2,7,14H,3-6,13H2. The summed E-state index contributed by atoms with van der Waals surface area (Å²) >= 11 is 12.0. The Kier molecular flexibility index (Phi) is 12.2. The number of carbonyl (C=O) groups is 1. The number of benzene rings is 2. The van der Waals surface area contributed by atoms with E-state index in [2.05, 4.69) is 5.32 Å². The molecule has 0 aliphatic carbocycles. The van der Waals surface area contributed by atoms with Crippen molar-refractivity contribution in [3.05, 3.63) is 34.3 Å². The lowest BCUT2D eigenvalue weighted by Gasteiger charge is -2.36. The molecule has 5 N–H and O–H groups in total. The lowest BCUT2D eigenvalue weighted by atomic mass is 9.88. The molecule has 1 amide bonds. The summed E-state index contributed by atoms with van der Waals surface area (Å²) in [5.74, 6) is -1.21. The Morgan fingerprint density at radius 3 is 1.89 bits per heavy atom. The monoisotopic (exact) mass is 724 g/mol. The maximum atomic E-state index is 13.4. The number of carbonyl (C=O) groups excluding carboxylic acids is 1. The summed E-state index contributed by atoms with van der Waals surface area (Å²) in [5, 5.41) is 22.2. The fourth-order valence-electron chi connectivity index (χ4n) is 5.18. The van der Waals surface area contributed by atoms with Gasteiger partial charge in [0, 0.05) is 26.4 Å². The molecule has 12 nitrogen and oxygen atoms in total. The molecule has 0 atom stereocenters. The second kappa shape index (κ2) is 14.7. The van der Waals surface area contributed by atoms with Crippen molar-refractivity contribution in [1.82, 2.24) is 0 Å². The van der Waals surface area contributed by atoms with Crippen LogP contribution in [-0.4, -0.2) is 75.2 Å². The van der Waals surface area contributed by atoms with Crippen LogP contribution < -0.4 is 11.1 Å². The maximum Gasteiger partial charge on any atom is 0.412 e. The normalized spacial score (nSPS) is 17.1. The number of phenols is 2. The minimum Gasteiger partial charge on any atom is -0.504 e. The van der Waals surface area contributed by atoms with Gasteiger partial charge in [0.15, 0.2) is 31.2 Å². The van der Waals surface area contributed by atoms with Crippen LogP contribution >= 0.6 is 23.2 Å². The van der Waals surface area contributed by atoms with Crippen molar-refractivity contribution in [3.63, 3.8) is 0 Å². The molecule has 46 heavy (non-hydrogen) atoms. The van der Waals surface area contributed by atoms with Gasteiger partial charge in [-0.25, -0.2) is 21.6 Å². The highest BCUT2D eigenvalue weighted by atomic mass is 35.5. The number of sulfone groups is 2. The molecule has 0 unspecified atom stereocenters. The molecule has 2 heterocycles. The van der Waals surface area contributed by atoms with Gasteiger partial charge in [0.25, 0.3) is 0 Å². The van der Waals surface area contributed by atoms with E-state index in [0.717, 1.165) is 0 Å². The molecule has 0 bridgehead atoms. The average Bonchev–Trinajstić information content (AvgIpc) is 2.97. The first-order chi connectivity index (χ1) is 21.2. The summed E-state index contributed by atoms with van der Waals surface area (Å²) in [7, 11) is -7.71. The predicted octanol–water partition coefficient (Wildman–Crippen LogP) is 5.95. The fraction of sp³-hybridized carbons (Fsp3) is 0.567. The number of hydrogen-bond acceptors (Lipinski definition) is 11. The Balaban J connectivity index is 0.000000275. The second-order valence-electron chi connectivity index (χ2n) is 12.6. The van der Waals surface area contributed by atoms with Crippen molar-refractivity contribution in [2.75, 3.05) is 37.5 Å². The van der Waals surface area contributed by atoms with Crippen molar-refractivity contribution in [2.24, 2.45) is 5.92 Å². The largest absolute Gasteiger partial charge is 0.504 e. The van der Waals surface area contributed by atoms with Crippen molar-refractivity contribution in [3.8, 4) is 11.5 Å². The van der Waals surface area contributed by atoms with E-state index in [1.807, 2.05) is 0 Å². The van der Waals surface area contributed by atoms with E-state index in [0.29, 0.717) is 52.1 Å². The van der Waals surface area contributed by atoms with E-state index < -0.39 is 52.9 Å². The van der Waals surface area contributed by atoms with Crippen LogP contribution in [0.25, 0.3) is 0 Å². The van der Waals surface area contributed by atoms with Gasteiger partial charge in [-0.05, 0) is 90.5 Å². The Hall–Kier alpha value is -2.49. The van der Waals surface area contributed by atoms with Crippen molar-refractivity contribution in [2.45, 2.75) is 85.7 Å². The van der Waals surface area contributed by atoms with Crippen LogP contribution in [0.2, 0.25) is 10.0 Å². The molecule has 0 radical (unpaired) electrons. The molecule has 4 rings (SSSR count). The Labute approximate surface area is 280 Å². The molecule has 2 saturated heterocycles. The van der Waals surface area contributed by atoms with Gasteiger partial charge in [0.1, 0.15) is 15.4 Å². The third kappa shape index (κ3) is 8.50.